The minimum Gasteiger partial charge on any atom is -0.343 e. The summed E-state index contributed by atoms with van der Waals surface area (Å²) >= 11 is 9.16. The van der Waals surface area contributed by atoms with E-state index in [1.54, 1.807) is 16.2 Å². The van der Waals surface area contributed by atoms with Crippen LogP contribution in [0.2, 0.25) is 5.02 Å². The van der Waals surface area contributed by atoms with Gasteiger partial charge in [0.15, 0.2) is 0 Å². The lowest BCUT2D eigenvalue weighted by atomic mass is 10.1. The molecule has 5 rings (SSSR count). The normalized spacial score (nSPS) is 19.7. The van der Waals surface area contributed by atoms with Gasteiger partial charge in [0.25, 0.3) is 11.1 Å². The molecular weight excluding hydrogens is 448 g/mol. The molecule has 3 aromatic rings. The average molecular weight is 468 g/mol. The molecule has 3 heterocycles. The van der Waals surface area contributed by atoms with E-state index in [2.05, 4.69) is 23.1 Å². The molecule has 1 aromatic heterocycles. The van der Waals surface area contributed by atoms with Crippen molar-refractivity contribution in [1.29, 1.82) is 0 Å². The van der Waals surface area contributed by atoms with Crippen LogP contribution in [0.1, 0.15) is 12.5 Å². The van der Waals surface area contributed by atoms with E-state index >= 15 is 0 Å². The largest absolute Gasteiger partial charge is 0.385 e. The molecule has 0 aliphatic carbocycles. The van der Waals surface area contributed by atoms with E-state index in [-0.39, 0.29) is 5.91 Å². The summed E-state index contributed by atoms with van der Waals surface area (Å²) in [5.41, 5.74) is 4.19. The van der Waals surface area contributed by atoms with Gasteiger partial charge in [-0.2, -0.15) is 0 Å². The number of hydrogen-bond acceptors (Lipinski definition) is 5. The second-order valence-corrected chi connectivity index (χ2v) is 9.69. The van der Waals surface area contributed by atoms with Crippen molar-refractivity contribution in [1.82, 2.24) is 4.90 Å². The van der Waals surface area contributed by atoms with E-state index in [9.17, 15) is 4.79 Å². The van der Waals surface area contributed by atoms with Crippen LogP contribution in [0.4, 0.5) is 10.8 Å². The second-order valence-electron chi connectivity index (χ2n) is 7.27. The number of para-hydroxylation sites is 1. The van der Waals surface area contributed by atoms with Crippen molar-refractivity contribution >= 4 is 72.9 Å². The number of amidine groups is 1. The Kier molecular flexibility index (Phi) is 5.12. The molecule has 0 saturated carbocycles. The molecule has 1 saturated heterocycles. The number of thiazole rings is 1. The summed E-state index contributed by atoms with van der Waals surface area (Å²) in [7, 11) is 3.98. The number of aliphatic imine (C=N–C) groups is 1. The number of aromatic nitrogens is 1. The standard InChI is InChI=1S/C23H20ClN4OS2/c1-4-28-21(29)20(18-11-9-14-7-5-6-8-16(14)26(18)2)31-23(28)25-22-27(3)17-12-10-15(24)13-19(17)30-22/h5-13H,4H2,1-3H3/q+1/b20-18-. The van der Waals surface area contributed by atoms with Gasteiger partial charge in [-0.3, -0.25) is 9.69 Å². The summed E-state index contributed by atoms with van der Waals surface area (Å²) in [6.45, 7) is 2.54. The van der Waals surface area contributed by atoms with Gasteiger partial charge in [0.2, 0.25) is 0 Å². The lowest BCUT2D eigenvalue weighted by molar-refractivity contribution is -0.627. The van der Waals surface area contributed by atoms with Crippen molar-refractivity contribution in [3.05, 3.63) is 69.7 Å². The van der Waals surface area contributed by atoms with Gasteiger partial charge in [-0.1, -0.05) is 35.9 Å². The van der Waals surface area contributed by atoms with E-state index in [0.717, 1.165) is 32.3 Å². The van der Waals surface area contributed by atoms with E-state index < -0.39 is 0 Å². The predicted molar refractivity (Wildman–Crippen MR) is 131 cm³/mol. The molecule has 2 aliphatic heterocycles. The fourth-order valence-electron chi connectivity index (χ4n) is 3.79. The van der Waals surface area contributed by atoms with E-state index in [0.29, 0.717) is 21.6 Å². The summed E-state index contributed by atoms with van der Waals surface area (Å²) in [5, 5.41) is 2.23. The van der Waals surface area contributed by atoms with Crippen LogP contribution in [0, 0.1) is 0 Å². The third-order valence-electron chi connectivity index (χ3n) is 5.46. The molecule has 2 aliphatic rings. The van der Waals surface area contributed by atoms with Crippen LogP contribution in [0.5, 0.6) is 0 Å². The number of hydrogen-bond donors (Lipinski definition) is 0. The highest BCUT2D eigenvalue weighted by Gasteiger charge is 2.39. The molecule has 0 N–H and O–H groups in total. The third kappa shape index (κ3) is 3.37. The van der Waals surface area contributed by atoms with Crippen LogP contribution in [-0.2, 0) is 11.8 Å². The summed E-state index contributed by atoms with van der Waals surface area (Å²) in [4.78, 5) is 22.7. The number of amides is 1. The number of carbonyl (C=O) groups excluding carboxylic acids is 1. The Morgan fingerprint density at radius 3 is 2.77 bits per heavy atom. The first-order valence-electron chi connectivity index (χ1n) is 9.89. The summed E-state index contributed by atoms with van der Waals surface area (Å²) < 4.78 is 3.10. The topological polar surface area (TPSA) is 39.8 Å². The zero-order valence-electron chi connectivity index (χ0n) is 17.3. The first kappa shape index (κ1) is 20.3. The first-order valence-corrected chi connectivity index (χ1v) is 11.9. The van der Waals surface area contributed by atoms with Gasteiger partial charge in [-0.15, -0.1) is 0 Å². The number of halogens is 1. The summed E-state index contributed by atoms with van der Waals surface area (Å²) in [6.07, 6.45) is 4.08. The number of allylic oxidation sites excluding steroid dienone is 1. The van der Waals surface area contributed by atoms with E-state index in [4.69, 9.17) is 16.6 Å². The lowest BCUT2D eigenvalue weighted by Gasteiger charge is -2.27. The molecule has 0 atom stereocenters. The Bertz CT molecular complexity index is 1320. The molecule has 156 valence electrons. The summed E-state index contributed by atoms with van der Waals surface area (Å²) in [5.74, 6) is -0.0102. The predicted octanol–water partition coefficient (Wildman–Crippen LogP) is 5.34. The number of rotatable bonds is 2. The molecule has 0 bridgehead atoms. The van der Waals surface area contributed by atoms with Crippen molar-refractivity contribution < 1.29 is 9.36 Å². The Morgan fingerprint density at radius 1 is 1.16 bits per heavy atom. The molecule has 0 spiro atoms. The van der Waals surface area contributed by atoms with Gasteiger partial charge < -0.3 is 4.90 Å². The van der Waals surface area contributed by atoms with Gasteiger partial charge in [0.05, 0.1) is 17.4 Å². The Hall–Kier alpha value is -2.61. The molecule has 1 fully saturated rings. The molecule has 5 nitrogen and oxygen atoms in total. The number of benzene rings is 2. The van der Waals surface area contributed by atoms with Crippen molar-refractivity contribution in [3.8, 4) is 0 Å². The van der Waals surface area contributed by atoms with Crippen LogP contribution in [-0.4, -0.2) is 29.6 Å². The van der Waals surface area contributed by atoms with Gasteiger partial charge in [0.1, 0.15) is 10.4 Å². The fraction of sp³-hybridized carbons (Fsp3) is 0.174. The minimum absolute atomic E-state index is 0.0102. The Morgan fingerprint density at radius 2 is 1.97 bits per heavy atom. The SMILES string of the molecule is CCN1C(=O)/C(=C2\C=Cc3ccccc3N2C)S/C1=N\c1sc2cc(Cl)ccc2[n+]1C. The minimum atomic E-state index is -0.0102. The lowest BCUT2D eigenvalue weighted by Crippen LogP contribution is -2.31. The molecule has 0 radical (unpaired) electrons. The van der Waals surface area contributed by atoms with Crippen molar-refractivity contribution in [2.45, 2.75) is 6.92 Å². The number of carbonyl (C=O) groups is 1. The molecule has 8 heteroatoms. The van der Waals surface area contributed by atoms with E-state index in [1.165, 1.54) is 11.8 Å². The van der Waals surface area contributed by atoms with Crippen LogP contribution in [0.3, 0.4) is 0 Å². The van der Waals surface area contributed by atoms with Gasteiger partial charge in [0, 0.05) is 24.3 Å². The monoisotopic (exact) mass is 467 g/mol. The smallest absolute Gasteiger partial charge is 0.343 e. The molecular formula is C23H20ClN4OS2+. The second kappa shape index (κ2) is 7.82. The number of likely N-dealkylation sites (N-methyl/N-ethyl adjacent to an activating group) is 2. The molecule has 2 aromatic carbocycles. The average Bonchev–Trinajstić information content (AvgIpc) is 3.24. The highest BCUT2D eigenvalue weighted by Crippen LogP contribution is 2.40. The highest BCUT2D eigenvalue weighted by atomic mass is 35.5. The maximum atomic E-state index is 13.3. The number of fused-ring (bicyclic) bond motifs is 2. The van der Waals surface area contributed by atoms with Gasteiger partial charge >= 0.3 is 5.13 Å². The number of thioether (sulfide) groups is 1. The highest BCUT2D eigenvalue weighted by molar-refractivity contribution is 8.18. The summed E-state index contributed by atoms with van der Waals surface area (Å²) in [6, 6.07) is 14.0. The van der Waals surface area contributed by atoms with Gasteiger partial charge in [-0.05, 0) is 70.9 Å². The van der Waals surface area contributed by atoms with Crippen molar-refractivity contribution in [2.24, 2.45) is 12.0 Å². The first-order chi connectivity index (χ1) is 15.0. The van der Waals surface area contributed by atoms with Crippen molar-refractivity contribution in [3.63, 3.8) is 0 Å². The van der Waals surface area contributed by atoms with Gasteiger partial charge in [-0.25, -0.2) is 4.57 Å². The number of nitrogens with zero attached hydrogens (tertiary/aromatic N) is 4. The maximum Gasteiger partial charge on any atom is 0.385 e. The zero-order valence-corrected chi connectivity index (χ0v) is 19.7. The molecule has 0 unspecified atom stereocenters. The number of anilines is 1. The molecule has 31 heavy (non-hydrogen) atoms. The third-order valence-corrected chi connectivity index (χ3v) is 7.87. The number of aryl methyl sites for hydroxylation is 1. The van der Waals surface area contributed by atoms with Crippen LogP contribution in [0.15, 0.2) is 64.1 Å². The fourth-order valence-corrected chi connectivity index (χ4v) is 6.29. The van der Waals surface area contributed by atoms with Crippen LogP contribution < -0.4 is 9.47 Å². The maximum absolute atomic E-state index is 13.3. The van der Waals surface area contributed by atoms with Crippen LogP contribution in [0.25, 0.3) is 16.3 Å². The molecule has 1 amide bonds. The van der Waals surface area contributed by atoms with E-state index in [1.807, 2.05) is 62.0 Å². The van der Waals surface area contributed by atoms with Crippen molar-refractivity contribution in [2.75, 3.05) is 18.5 Å². The Balaban J connectivity index is 1.58. The quantitative estimate of drug-likeness (QED) is 0.377. The zero-order chi connectivity index (χ0) is 21.7. The van der Waals surface area contributed by atoms with Crippen LogP contribution >= 0.6 is 34.7 Å². The Labute approximate surface area is 194 Å².